The van der Waals surface area contributed by atoms with E-state index < -0.39 is 0 Å². The van der Waals surface area contributed by atoms with Gasteiger partial charge >= 0.3 is 0 Å². The number of carbonyl (C=O) groups excluding carboxylic acids is 1. The van der Waals surface area contributed by atoms with Crippen molar-refractivity contribution in [2.24, 2.45) is 5.73 Å². The number of nitrogens with zero attached hydrogens (tertiary/aromatic N) is 2. The lowest BCUT2D eigenvalue weighted by Gasteiger charge is -2.34. The maximum Gasteiger partial charge on any atom is 0.253 e. The third-order valence-electron chi connectivity index (χ3n) is 3.79. The van der Waals surface area contributed by atoms with Crippen LogP contribution in [-0.4, -0.2) is 53.4 Å². The van der Waals surface area contributed by atoms with Crippen LogP contribution in [0.15, 0.2) is 18.2 Å². The molecule has 1 aromatic rings. The number of benzene rings is 1. The summed E-state index contributed by atoms with van der Waals surface area (Å²) in [6, 6.07) is 5.89. The maximum absolute atomic E-state index is 12.4. The second-order valence-corrected chi connectivity index (χ2v) is 5.86. The lowest BCUT2D eigenvalue weighted by molar-refractivity contribution is 0.0654. The molecule has 1 amide bonds. The molecular weight excluding hydrogens is 270 g/mol. The molecule has 5 heteroatoms. The molecule has 0 aliphatic carbocycles. The molecule has 0 spiro atoms. The highest BCUT2D eigenvalue weighted by Gasteiger charge is 2.22. The van der Waals surface area contributed by atoms with E-state index in [1.165, 1.54) is 5.56 Å². The van der Waals surface area contributed by atoms with Gasteiger partial charge in [0, 0.05) is 38.3 Å². The molecule has 0 bridgehead atoms. The number of hydrogen-bond donors (Lipinski definition) is 1. The van der Waals surface area contributed by atoms with Gasteiger partial charge < -0.3 is 10.6 Å². The van der Waals surface area contributed by atoms with Gasteiger partial charge in [0.15, 0.2) is 0 Å². The Kier molecular flexibility index (Phi) is 4.73. The van der Waals surface area contributed by atoms with E-state index in [-0.39, 0.29) is 5.91 Å². The maximum atomic E-state index is 12.4. The first-order chi connectivity index (χ1) is 9.47. The van der Waals surface area contributed by atoms with Gasteiger partial charge in [-0.3, -0.25) is 9.69 Å². The van der Waals surface area contributed by atoms with Crippen molar-refractivity contribution in [2.45, 2.75) is 13.8 Å². The van der Waals surface area contributed by atoms with Gasteiger partial charge in [-0.15, -0.1) is 0 Å². The lowest BCUT2D eigenvalue weighted by Crippen LogP contribution is -2.50. The number of amides is 1. The third-order valence-corrected chi connectivity index (χ3v) is 3.92. The fraction of sp³-hybridized carbons (Fsp3) is 0.467. The van der Waals surface area contributed by atoms with Gasteiger partial charge in [-0.1, -0.05) is 18.3 Å². The van der Waals surface area contributed by atoms with Crippen LogP contribution < -0.4 is 5.73 Å². The molecule has 1 heterocycles. The first kappa shape index (κ1) is 14.9. The first-order valence-corrected chi connectivity index (χ1v) is 7.25. The summed E-state index contributed by atoms with van der Waals surface area (Å²) in [5, 5.41) is 0. The molecule has 1 fully saturated rings. The van der Waals surface area contributed by atoms with Crippen LogP contribution >= 0.6 is 12.2 Å². The summed E-state index contributed by atoms with van der Waals surface area (Å²) in [6.07, 6.45) is 0. The van der Waals surface area contributed by atoms with E-state index in [2.05, 4.69) is 11.8 Å². The van der Waals surface area contributed by atoms with E-state index in [1.807, 2.05) is 30.0 Å². The van der Waals surface area contributed by atoms with Gasteiger partial charge in [0.25, 0.3) is 5.91 Å². The van der Waals surface area contributed by atoms with Crippen molar-refractivity contribution in [2.75, 3.05) is 32.7 Å². The Morgan fingerprint density at radius 3 is 2.40 bits per heavy atom. The summed E-state index contributed by atoms with van der Waals surface area (Å²) >= 11 is 4.92. The monoisotopic (exact) mass is 291 g/mol. The van der Waals surface area contributed by atoms with Gasteiger partial charge in [0.1, 0.15) is 0 Å². The van der Waals surface area contributed by atoms with Crippen molar-refractivity contribution in [1.29, 1.82) is 0 Å². The van der Waals surface area contributed by atoms with Crippen LogP contribution in [0.4, 0.5) is 0 Å². The number of hydrogen-bond acceptors (Lipinski definition) is 3. The predicted molar refractivity (Wildman–Crippen MR) is 85.0 cm³/mol. The van der Waals surface area contributed by atoms with E-state index in [4.69, 9.17) is 18.0 Å². The molecule has 2 N–H and O–H groups in total. The van der Waals surface area contributed by atoms with Crippen LogP contribution in [0.5, 0.6) is 0 Å². The Hall–Kier alpha value is -1.46. The van der Waals surface area contributed by atoms with Crippen LogP contribution in [0.25, 0.3) is 0 Å². The summed E-state index contributed by atoms with van der Waals surface area (Å²) in [6.45, 7) is 7.84. The smallest absolute Gasteiger partial charge is 0.253 e. The van der Waals surface area contributed by atoms with Gasteiger partial charge in [-0.2, -0.15) is 0 Å². The molecule has 0 radical (unpaired) electrons. The molecule has 0 saturated carbocycles. The Bertz CT molecular complexity index is 522. The average Bonchev–Trinajstić information content (AvgIpc) is 2.41. The minimum Gasteiger partial charge on any atom is -0.392 e. The zero-order valence-electron chi connectivity index (χ0n) is 12.1. The second kappa shape index (κ2) is 6.33. The van der Waals surface area contributed by atoms with E-state index in [1.54, 1.807) is 0 Å². The summed E-state index contributed by atoms with van der Waals surface area (Å²) < 4.78 is 0. The van der Waals surface area contributed by atoms with E-state index in [9.17, 15) is 4.79 Å². The SMILES string of the molecule is Cc1ccc(C(=O)N2CCN(CC(N)=S)CC2)cc1C. The summed E-state index contributed by atoms with van der Waals surface area (Å²) in [4.78, 5) is 17.1. The van der Waals surface area contributed by atoms with Crippen LogP contribution in [0, 0.1) is 13.8 Å². The Balaban J connectivity index is 1.97. The van der Waals surface area contributed by atoms with Crippen LogP contribution in [0.3, 0.4) is 0 Å². The Labute approximate surface area is 125 Å². The molecule has 1 aliphatic rings. The first-order valence-electron chi connectivity index (χ1n) is 6.84. The van der Waals surface area contributed by atoms with Crippen LogP contribution in [0.2, 0.25) is 0 Å². The van der Waals surface area contributed by atoms with Crippen molar-refractivity contribution in [3.63, 3.8) is 0 Å². The molecule has 1 aromatic carbocycles. The zero-order chi connectivity index (χ0) is 14.7. The third kappa shape index (κ3) is 3.55. The largest absolute Gasteiger partial charge is 0.392 e. The number of nitrogens with two attached hydrogens (primary N) is 1. The highest BCUT2D eigenvalue weighted by atomic mass is 32.1. The standard InChI is InChI=1S/C15H21N3OS/c1-11-3-4-13(9-12(11)2)15(19)18-7-5-17(6-8-18)10-14(16)20/h3-4,9H,5-8,10H2,1-2H3,(H2,16,20). The van der Waals surface area contributed by atoms with Gasteiger partial charge in [-0.05, 0) is 37.1 Å². The van der Waals surface area contributed by atoms with E-state index in [0.29, 0.717) is 11.5 Å². The summed E-state index contributed by atoms with van der Waals surface area (Å²) in [5.41, 5.74) is 8.69. The molecule has 0 aromatic heterocycles. The average molecular weight is 291 g/mol. The lowest BCUT2D eigenvalue weighted by atomic mass is 10.1. The molecule has 1 saturated heterocycles. The molecule has 108 valence electrons. The van der Waals surface area contributed by atoms with Crippen molar-refractivity contribution >= 4 is 23.1 Å². The highest BCUT2D eigenvalue weighted by molar-refractivity contribution is 7.80. The summed E-state index contributed by atoms with van der Waals surface area (Å²) in [7, 11) is 0. The molecule has 2 rings (SSSR count). The van der Waals surface area contributed by atoms with E-state index in [0.717, 1.165) is 37.3 Å². The van der Waals surface area contributed by atoms with Crippen LogP contribution in [-0.2, 0) is 0 Å². The second-order valence-electron chi connectivity index (χ2n) is 5.33. The van der Waals surface area contributed by atoms with Crippen molar-refractivity contribution in [3.05, 3.63) is 34.9 Å². The number of thiocarbonyl (C=S) groups is 1. The molecule has 0 atom stereocenters. The highest BCUT2D eigenvalue weighted by Crippen LogP contribution is 2.13. The minimum atomic E-state index is 0.114. The summed E-state index contributed by atoms with van der Waals surface area (Å²) in [5.74, 6) is 0.114. The predicted octanol–water partition coefficient (Wildman–Crippen LogP) is 1.35. The normalized spacial score (nSPS) is 16.2. The molecule has 0 unspecified atom stereocenters. The van der Waals surface area contributed by atoms with Crippen molar-refractivity contribution in [3.8, 4) is 0 Å². The van der Waals surface area contributed by atoms with Gasteiger partial charge in [0.2, 0.25) is 0 Å². The van der Waals surface area contributed by atoms with Crippen molar-refractivity contribution in [1.82, 2.24) is 9.80 Å². The molecule has 1 aliphatic heterocycles. The van der Waals surface area contributed by atoms with Crippen molar-refractivity contribution < 1.29 is 4.79 Å². The molecular formula is C15H21N3OS. The van der Waals surface area contributed by atoms with Gasteiger partial charge in [0.05, 0.1) is 4.99 Å². The van der Waals surface area contributed by atoms with Gasteiger partial charge in [-0.25, -0.2) is 0 Å². The van der Waals surface area contributed by atoms with Crippen LogP contribution in [0.1, 0.15) is 21.5 Å². The zero-order valence-corrected chi connectivity index (χ0v) is 12.9. The van der Waals surface area contributed by atoms with E-state index >= 15 is 0 Å². The quantitative estimate of drug-likeness (QED) is 0.854. The fourth-order valence-electron chi connectivity index (χ4n) is 2.39. The Morgan fingerprint density at radius 1 is 1.20 bits per heavy atom. The Morgan fingerprint density at radius 2 is 1.85 bits per heavy atom. The minimum absolute atomic E-state index is 0.114. The molecule has 4 nitrogen and oxygen atoms in total. The number of carbonyl (C=O) groups is 1. The topological polar surface area (TPSA) is 49.6 Å². The number of piperazine rings is 1. The molecule has 20 heavy (non-hydrogen) atoms. The number of aryl methyl sites for hydroxylation is 2. The fourth-order valence-corrected chi connectivity index (χ4v) is 2.57. The number of rotatable bonds is 3.